The van der Waals surface area contributed by atoms with E-state index in [4.69, 9.17) is 27.9 Å². The van der Waals surface area contributed by atoms with Crippen molar-refractivity contribution in [2.75, 3.05) is 6.61 Å². The Bertz CT molecular complexity index is 841. The van der Waals surface area contributed by atoms with E-state index in [9.17, 15) is 5.11 Å². The van der Waals surface area contributed by atoms with Crippen molar-refractivity contribution in [1.82, 2.24) is 15.0 Å². The number of rotatable bonds is 3. The third kappa shape index (κ3) is 2.53. The molecular weight excluding hydrogens is 325 g/mol. The first kappa shape index (κ1) is 14.8. The van der Waals surface area contributed by atoms with Gasteiger partial charge in [0.2, 0.25) is 5.88 Å². The molecule has 1 aromatic carbocycles. The SMILES string of the molecule is CCOc1nc(O)c2c(Cl)c(Cl)nc(-c3ccccc3)c2n1. The summed E-state index contributed by atoms with van der Waals surface area (Å²) in [5, 5.41) is 10.6. The number of benzene rings is 1. The van der Waals surface area contributed by atoms with Crippen molar-refractivity contribution in [3.8, 4) is 23.1 Å². The Balaban J connectivity index is 2.38. The molecule has 0 amide bonds. The Morgan fingerprint density at radius 3 is 2.50 bits per heavy atom. The van der Waals surface area contributed by atoms with Crippen LogP contribution < -0.4 is 4.74 Å². The summed E-state index contributed by atoms with van der Waals surface area (Å²) in [6.45, 7) is 2.18. The van der Waals surface area contributed by atoms with E-state index >= 15 is 0 Å². The van der Waals surface area contributed by atoms with Crippen LogP contribution in [0.1, 0.15) is 6.92 Å². The summed E-state index contributed by atoms with van der Waals surface area (Å²) < 4.78 is 5.27. The molecule has 0 aliphatic rings. The number of pyridine rings is 1. The van der Waals surface area contributed by atoms with Gasteiger partial charge < -0.3 is 9.84 Å². The van der Waals surface area contributed by atoms with E-state index in [0.29, 0.717) is 17.8 Å². The predicted molar refractivity (Wildman–Crippen MR) is 85.6 cm³/mol. The van der Waals surface area contributed by atoms with Crippen molar-refractivity contribution >= 4 is 34.1 Å². The zero-order chi connectivity index (χ0) is 15.7. The minimum Gasteiger partial charge on any atom is -0.493 e. The molecule has 0 bridgehead atoms. The number of fused-ring (bicyclic) bond motifs is 1. The van der Waals surface area contributed by atoms with Crippen LogP contribution in [-0.4, -0.2) is 26.7 Å². The van der Waals surface area contributed by atoms with Gasteiger partial charge in [0.1, 0.15) is 10.7 Å². The van der Waals surface area contributed by atoms with E-state index in [1.165, 1.54) is 0 Å². The van der Waals surface area contributed by atoms with Gasteiger partial charge in [-0.3, -0.25) is 0 Å². The second kappa shape index (κ2) is 5.94. The Morgan fingerprint density at radius 2 is 1.82 bits per heavy atom. The third-order valence-electron chi connectivity index (χ3n) is 3.02. The molecule has 22 heavy (non-hydrogen) atoms. The van der Waals surface area contributed by atoms with Crippen LogP contribution in [0.3, 0.4) is 0 Å². The molecule has 1 N–H and O–H groups in total. The molecule has 0 aliphatic heterocycles. The lowest BCUT2D eigenvalue weighted by Crippen LogP contribution is -2.00. The molecule has 0 atom stereocenters. The minimum absolute atomic E-state index is 0.0601. The summed E-state index contributed by atoms with van der Waals surface area (Å²) >= 11 is 12.2. The molecule has 0 unspecified atom stereocenters. The van der Waals surface area contributed by atoms with Crippen LogP contribution in [0.5, 0.6) is 11.9 Å². The number of hydrogen-bond donors (Lipinski definition) is 1. The average Bonchev–Trinajstić information content (AvgIpc) is 2.51. The van der Waals surface area contributed by atoms with Crippen molar-refractivity contribution in [3.63, 3.8) is 0 Å². The Labute approximate surface area is 136 Å². The van der Waals surface area contributed by atoms with Gasteiger partial charge in [-0.05, 0) is 6.92 Å². The van der Waals surface area contributed by atoms with E-state index in [1.54, 1.807) is 6.92 Å². The first-order valence-corrected chi connectivity index (χ1v) is 7.31. The van der Waals surface area contributed by atoms with Gasteiger partial charge in [0, 0.05) is 5.56 Å². The number of aromatic nitrogens is 3. The monoisotopic (exact) mass is 335 g/mol. The van der Waals surface area contributed by atoms with Gasteiger partial charge in [-0.2, -0.15) is 9.97 Å². The van der Waals surface area contributed by atoms with Crippen LogP contribution >= 0.6 is 23.2 Å². The highest BCUT2D eigenvalue weighted by atomic mass is 35.5. The van der Waals surface area contributed by atoms with Crippen LogP contribution in [0.15, 0.2) is 30.3 Å². The van der Waals surface area contributed by atoms with E-state index in [2.05, 4.69) is 15.0 Å². The molecule has 3 aromatic rings. The lowest BCUT2D eigenvalue weighted by atomic mass is 10.1. The first-order valence-electron chi connectivity index (χ1n) is 6.55. The highest BCUT2D eigenvalue weighted by molar-refractivity contribution is 6.45. The molecule has 112 valence electrons. The molecular formula is C15H11Cl2N3O2. The van der Waals surface area contributed by atoms with E-state index < -0.39 is 0 Å². The lowest BCUT2D eigenvalue weighted by Gasteiger charge is -2.11. The zero-order valence-electron chi connectivity index (χ0n) is 11.5. The molecule has 0 fully saturated rings. The number of ether oxygens (including phenoxy) is 1. The summed E-state index contributed by atoms with van der Waals surface area (Å²) in [7, 11) is 0. The van der Waals surface area contributed by atoms with Gasteiger partial charge in [-0.25, -0.2) is 4.98 Å². The van der Waals surface area contributed by atoms with Crippen LogP contribution in [-0.2, 0) is 0 Å². The summed E-state index contributed by atoms with van der Waals surface area (Å²) in [4.78, 5) is 12.5. The Morgan fingerprint density at radius 1 is 1.09 bits per heavy atom. The standard InChI is InChI=1S/C15H11Cl2N3O2/c1-2-22-15-19-12-9(14(21)20-15)10(16)13(17)18-11(12)8-6-4-3-5-7-8/h3-7H,2H2,1H3,(H,19,20,21). The average molecular weight is 336 g/mol. The fourth-order valence-corrected chi connectivity index (χ4v) is 2.49. The fourth-order valence-electron chi connectivity index (χ4n) is 2.10. The summed E-state index contributed by atoms with van der Waals surface area (Å²) in [5.74, 6) is -0.292. The van der Waals surface area contributed by atoms with Gasteiger partial charge in [0.25, 0.3) is 0 Å². The summed E-state index contributed by atoms with van der Waals surface area (Å²) in [6.07, 6.45) is 0. The van der Waals surface area contributed by atoms with E-state index in [0.717, 1.165) is 5.56 Å². The second-order valence-electron chi connectivity index (χ2n) is 4.42. The van der Waals surface area contributed by atoms with Crippen molar-refractivity contribution in [1.29, 1.82) is 0 Å². The van der Waals surface area contributed by atoms with Gasteiger partial charge in [0.05, 0.1) is 22.7 Å². The zero-order valence-corrected chi connectivity index (χ0v) is 13.1. The molecule has 0 saturated carbocycles. The van der Waals surface area contributed by atoms with Crippen LogP contribution in [0, 0.1) is 0 Å². The first-order chi connectivity index (χ1) is 10.6. The van der Waals surface area contributed by atoms with Crippen molar-refractivity contribution in [2.45, 2.75) is 6.92 Å². The summed E-state index contributed by atoms with van der Waals surface area (Å²) in [6, 6.07) is 9.43. The molecule has 3 rings (SSSR count). The quantitative estimate of drug-likeness (QED) is 0.729. The van der Waals surface area contributed by atoms with Crippen molar-refractivity contribution in [2.24, 2.45) is 0 Å². The van der Waals surface area contributed by atoms with Crippen molar-refractivity contribution in [3.05, 3.63) is 40.5 Å². The molecule has 0 spiro atoms. The van der Waals surface area contributed by atoms with Gasteiger partial charge >= 0.3 is 6.01 Å². The minimum atomic E-state index is -0.292. The number of halogens is 2. The molecule has 0 aliphatic carbocycles. The third-order valence-corrected chi connectivity index (χ3v) is 3.76. The normalized spacial score (nSPS) is 10.9. The van der Waals surface area contributed by atoms with Crippen LogP contribution in [0.2, 0.25) is 10.2 Å². The molecule has 7 heteroatoms. The molecule has 0 saturated heterocycles. The van der Waals surface area contributed by atoms with E-state index in [-0.39, 0.29) is 27.5 Å². The number of aromatic hydroxyl groups is 1. The fraction of sp³-hybridized carbons (Fsp3) is 0.133. The van der Waals surface area contributed by atoms with Gasteiger partial charge in [-0.15, -0.1) is 0 Å². The molecule has 2 aromatic heterocycles. The number of hydrogen-bond acceptors (Lipinski definition) is 5. The number of nitrogens with zero attached hydrogens (tertiary/aromatic N) is 3. The van der Waals surface area contributed by atoms with Crippen molar-refractivity contribution < 1.29 is 9.84 Å². The van der Waals surface area contributed by atoms with Gasteiger partial charge in [0.15, 0.2) is 0 Å². The molecule has 2 heterocycles. The maximum absolute atomic E-state index is 10.2. The topological polar surface area (TPSA) is 68.1 Å². The second-order valence-corrected chi connectivity index (χ2v) is 5.15. The van der Waals surface area contributed by atoms with Gasteiger partial charge in [-0.1, -0.05) is 53.5 Å². The maximum atomic E-state index is 10.2. The lowest BCUT2D eigenvalue weighted by molar-refractivity contribution is 0.307. The Kier molecular flexibility index (Phi) is 4.00. The molecule has 0 radical (unpaired) electrons. The smallest absolute Gasteiger partial charge is 0.320 e. The predicted octanol–water partition coefficient (Wildman–Crippen LogP) is 4.10. The maximum Gasteiger partial charge on any atom is 0.320 e. The molecule has 5 nitrogen and oxygen atoms in total. The summed E-state index contributed by atoms with van der Waals surface area (Å²) in [5.41, 5.74) is 1.69. The highest BCUT2D eigenvalue weighted by Crippen LogP contribution is 2.39. The highest BCUT2D eigenvalue weighted by Gasteiger charge is 2.19. The van der Waals surface area contributed by atoms with Crippen LogP contribution in [0.25, 0.3) is 22.2 Å². The van der Waals surface area contributed by atoms with Crippen LogP contribution in [0.4, 0.5) is 0 Å². The Hall–Kier alpha value is -2.11. The van der Waals surface area contributed by atoms with E-state index in [1.807, 2.05) is 30.3 Å². The largest absolute Gasteiger partial charge is 0.493 e.